The lowest BCUT2D eigenvalue weighted by Crippen LogP contribution is -2.26. The number of sulfonamides is 1. The molecule has 2 N–H and O–H groups in total. The van der Waals surface area contributed by atoms with Gasteiger partial charge in [-0.15, -0.1) is 0 Å². The summed E-state index contributed by atoms with van der Waals surface area (Å²) in [6, 6.07) is 5.33. The van der Waals surface area contributed by atoms with Crippen molar-refractivity contribution in [2.45, 2.75) is 10.4 Å². The molecule has 0 atom stereocenters. The molecular weight excluding hydrogens is 331 g/mol. The van der Waals surface area contributed by atoms with E-state index in [0.29, 0.717) is 5.75 Å². The Morgan fingerprint density at radius 2 is 1.86 bits per heavy atom. The lowest BCUT2D eigenvalue weighted by atomic mass is 10.3. The Balaban J connectivity index is 2.54. The van der Waals surface area contributed by atoms with Gasteiger partial charge >= 0.3 is 5.51 Å². The number of benzene rings is 1. The summed E-state index contributed by atoms with van der Waals surface area (Å²) in [7, 11) is -3.85. The van der Waals surface area contributed by atoms with Crippen LogP contribution in [0, 0.1) is 0 Å². The summed E-state index contributed by atoms with van der Waals surface area (Å²) in [6.07, 6.45) is 0. The van der Waals surface area contributed by atoms with E-state index < -0.39 is 21.3 Å². The average Bonchev–Trinajstić information content (AvgIpc) is 2.41. The van der Waals surface area contributed by atoms with Crippen LogP contribution >= 0.6 is 11.8 Å². The standard InChI is InChI=1S/C11H14F3NO4S2/c12-11(13,14)20-8-5-15-21(17,18)10-3-1-9(2-4-10)19-7-6-16/h1-4,15-16H,5-8H2. The zero-order valence-electron chi connectivity index (χ0n) is 10.8. The molecule has 0 saturated carbocycles. The molecular formula is C11H14F3NO4S2. The van der Waals surface area contributed by atoms with Crippen molar-refractivity contribution in [2.75, 3.05) is 25.5 Å². The molecule has 0 aliphatic heterocycles. The summed E-state index contributed by atoms with van der Waals surface area (Å²) in [5.41, 5.74) is -4.38. The van der Waals surface area contributed by atoms with Crippen LogP contribution in [-0.2, 0) is 10.0 Å². The SMILES string of the molecule is O=S(=O)(NCCSC(F)(F)F)c1ccc(OCCO)cc1. The van der Waals surface area contributed by atoms with Crippen LogP contribution in [0.1, 0.15) is 0 Å². The Bertz CT molecular complexity index is 531. The molecule has 0 unspecified atom stereocenters. The highest BCUT2D eigenvalue weighted by atomic mass is 32.2. The molecule has 0 amide bonds. The second-order valence-corrected chi connectivity index (χ2v) is 6.66. The first-order valence-corrected chi connectivity index (χ1v) is 8.25. The average molecular weight is 345 g/mol. The molecule has 21 heavy (non-hydrogen) atoms. The highest BCUT2D eigenvalue weighted by Gasteiger charge is 2.27. The number of halogens is 3. The van der Waals surface area contributed by atoms with Crippen LogP contribution in [0.15, 0.2) is 29.2 Å². The Kier molecular flexibility index (Phi) is 6.78. The monoisotopic (exact) mass is 345 g/mol. The minimum Gasteiger partial charge on any atom is -0.491 e. The quantitative estimate of drug-likeness (QED) is 0.700. The van der Waals surface area contributed by atoms with Gasteiger partial charge in [-0.25, -0.2) is 13.1 Å². The minimum absolute atomic E-state index is 0.0733. The fourth-order valence-corrected chi connectivity index (χ4v) is 2.90. The van der Waals surface area contributed by atoms with Gasteiger partial charge in [0.1, 0.15) is 12.4 Å². The molecule has 0 heterocycles. The Morgan fingerprint density at radius 3 is 2.38 bits per heavy atom. The van der Waals surface area contributed by atoms with Crippen LogP contribution in [0.3, 0.4) is 0 Å². The van der Waals surface area contributed by atoms with Gasteiger partial charge in [-0.3, -0.25) is 0 Å². The molecule has 0 saturated heterocycles. The maximum absolute atomic E-state index is 11.9. The third-order valence-corrected chi connectivity index (χ3v) is 4.37. The number of rotatable bonds is 8. The van der Waals surface area contributed by atoms with Gasteiger partial charge in [0.15, 0.2) is 0 Å². The largest absolute Gasteiger partial charge is 0.491 e. The molecule has 1 aromatic carbocycles. The molecule has 0 bridgehead atoms. The van der Waals surface area contributed by atoms with Crippen LogP contribution in [0.25, 0.3) is 0 Å². The number of nitrogens with one attached hydrogen (secondary N) is 1. The minimum atomic E-state index is -4.38. The Hall–Kier alpha value is -0.970. The van der Waals surface area contributed by atoms with E-state index in [1.54, 1.807) is 0 Å². The number of aliphatic hydroxyl groups is 1. The van der Waals surface area contributed by atoms with E-state index in [0.717, 1.165) is 0 Å². The van der Waals surface area contributed by atoms with Crippen LogP contribution in [0.4, 0.5) is 13.2 Å². The van der Waals surface area contributed by atoms with Gasteiger partial charge in [0.05, 0.1) is 11.5 Å². The van der Waals surface area contributed by atoms with E-state index in [1.807, 2.05) is 0 Å². The van der Waals surface area contributed by atoms with E-state index in [1.165, 1.54) is 24.3 Å². The smallest absolute Gasteiger partial charge is 0.441 e. The number of alkyl halides is 3. The van der Waals surface area contributed by atoms with Crippen LogP contribution < -0.4 is 9.46 Å². The van der Waals surface area contributed by atoms with Crippen molar-refractivity contribution in [3.63, 3.8) is 0 Å². The van der Waals surface area contributed by atoms with E-state index in [2.05, 4.69) is 4.72 Å². The summed E-state index contributed by atoms with van der Waals surface area (Å²) < 4.78 is 66.4. The van der Waals surface area contributed by atoms with E-state index in [9.17, 15) is 21.6 Å². The molecule has 0 radical (unpaired) electrons. The van der Waals surface area contributed by atoms with Gasteiger partial charge in [0, 0.05) is 12.3 Å². The Labute approximate surface area is 124 Å². The zero-order valence-corrected chi connectivity index (χ0v) is 12.4. The Morgan fingerprint density at radius 1 is 1.24 bits per heavy atom. The van der Waals surface area contributed by atoms with Gasteiger partial charge in [0.2, 0.25) is 10.0 Å². The summed E-state index contributed by atoms with van der Waals surface area (Å²) >= 11 is -0.290. The van der Waals surface area contributed by atoms with Gasteiger partial charge in [-0.05, 0) is 36.0 Å². The first-order chi connectivity index (χ1) is 9.74. The molecule has 0 aliphatic carbocycles. The first kappa shape index (κ1) is 18.1. The van der Waals surface area contributed by atoms with Crippen LogP contribution in [0.2, 0.25) is 0 Å². The van der Waals surface area contributed by atoms with E-state index in [4.69, 9.17) is 9.84 Å². The fourth-order valence-electron chi connectivity index (χ4n) is 1.30. The number of aliphatic hydroxyl groups excluding tert-OH is 1. The highest BCUT2D eigenvalue weighted by Crippen LogP contribution is 2.29. The predicted molar refractivity (Wildman–Crippen MR) is 72.7 cm³/mol. The lowest BCUT2D eigenvalue weighted by Gasteiger charge is -2.09. The summed E-state index contributed by atoms with van der Waals surface area (Å²) in [4.78, 5) is -0.0733. The van der Waals surface area contributed by atoms with Crippen molar-refractivity contribution in [2.24, 2.45) is 0 Å². The summed E-state index contributed by atoms with van der Waals surface area (Å²) in [6.45, 7) is -0.410. The number of ether oxygens (including phenoxy) is 1. The molecule has 0 fully saturated rings. The molecule has 1 rings (SSSR count). The predicted octanol–water partition coefficient (Wildman–Crippen LogP) is 1.59. The molecule has 10 heteroatoms. The number of hydrogen-bond donors (Lipinski definition) is 2. The van der Waals surface area contributed by atoms with Gasteiger partial charge in [-0.1, -0.05) is 0 Å². The second kappa shape index (κ2) is 7.87. The first-order valence-electron chi connectivity index (χ1n) is 5.79. The molecule has 5 nitrogen and oxygen atoms in total. The third kappa shape index (κ3) is 7.02. The zero-order chi connectivity index (χ0) is 15.9. The maximum atomic E-state index is 11.9. The molecule has 0 spiro atoms. The molecule has 0 aliphatic rings. The van der Waals surface area contributed by atoms with Crippen molar-refractivity contribution in [1.29, 1.82) is 0 Å². The van der Waals surface area contributed by atoms with Crippen LogP contribution in [0.5, 0.6) is 5.75 Å². The van der Waals surface area contributed by atoms with Gasteiger partial charge in [-0.2, -0.15) is 13.2 Å². The normalized spacial score (nSPS) is 12.4. The summed E-state index contributed by atoms with van der Waals surface area (Å²) in [5.74, 6) is -0.0175. The van der Waals surface area contributed by atoms with E-state index in [-0.39, 0.29) is 36.4 Å². The molecule has 0 aromatic heterocycles. The van der Waals surface area contributed by atoms with Crippen molar-refractivity contribution in [1.82, 2.24) is 4.72 Å². The molecule has 1 aromatic rings. The second-order valence-electron chi connectivity index (χ2n) is 3.74. The highest BCUT2D eigenvalue weighted by molar-refractivity contribution is 8.00. The van der Waals surface area contributed by atoms with Crippen molar-refractivity contribution < 1.29 is 31.4 Å². The van der Waals surface area contributed by atoms with Crippen molar-refractivity contribution in [3.8, 4) is 5.75 Å². The summed E-state index contributed by atoms with van der Waals surface area (Å²) in [5, 5.41) is 8.58. The van der Waals surface area contributed by atoms with Crippen molar-refractivity contribution in [3.05, 3.63) is 24.3 Å². The van der Waals surface area contributed by atoms with Crippen LogP contribution in [-0.4, -0.2) is 44.5 Å². The third-order valence-electron chi connectivity index (χ3n) is 2.15. The lowest BCUT2D eigenvalue weighted by molar-refractivity contribution is -0.0327. The fraction of sp³-hybridized carbons (Fsp3) is 0.455. The van der Waals surface area contributed by atoms with Crippen molar-refractivity contribution >= 4 is 21.8 Å². The van der Waals surface area contributed by atoms with Gasteiger partial charge in [0.25, 0.3) is 0 Å². The van der Waals surface area contributed by atoms with E-state index >= 15 is 0 Å². The van der Waals surface area contributed by atoms with Gasteiger partial charge < -0.3 is 9.84 Å². The topological polar surface area (TPSA) is 75.6 Å². The number of hydrogen-bond acceptors (Lipinski definition) is 5. The maximum Gasteiger partial charge on any atom is 0.441 e. The number of thioether (sulfide) groups is 1. The molecule has 120 valence electrons.